The van der Waals surface area contributed by atoms with Crippen LogP contribution >= 0.6 is 0 Å². The van der Waals surface area contributed by atoms with Gasteiger partial charge in [0.15, 0.2) is 0 Å². The van der Waals surface area contributed by atoms with Crippen LogP contribution in [0, 0.1) is 6.92 Å². The first kappa shape index (κ1) is 18.9. The molecule has 24 heavy (non-hydrogen) atoms. The van der Waals surface area contributed by atoms with Crippen LogP contribution in [0.15, 0.2) is 23.1 Å². The van der Waals surface area contributed by atoms with Crippen molar-refractivity contribution in [3.8, 4) is 0 Å². The zero-order valence-corrected chi connectivity index (χ0v) is 15.2. The molecule has 0 radical (unpaired) electrons. The van der Waals surface area contributed by atoms with Crippen molar-refractivity contribution < 1.29 is 17.9 Å². The van der Waals surface area contributed by atoms with Crippen molar-refractivity contribution in [1.29, 1.82) is 0 Å². The maximum Gasteiger partial charge on any atom is 0.251 e. The molecule has 0 aliphatic carbocycles. The first-order valence-corrected chi connectivity index (χ1v) is 9.38. The van der Waals surface area contributed by atoms with E-state index in [2.05, 4.69) is 10.2 Å². The first-order valence-electron chi connectivity index (χ1n) is 7.94. The Labute approximate surface area is 143 Å². The Kier molecular flexibility index (Phi) is 6.34. The number of carbonyl (C=O) groups excluding carboxylic acids is 1. The van der Waals surface area contributed by atoms with Crippen LogP contribution in [0.25, 0.3) is 0 Å². The third-order valence-electron chi connectivity index (χ3n) is 4.05. The van der Waals surface area contributed by atoms with Crippen LogP contribution in [-0.4, -0.2) is 77.0 Å². The summed E-state index contributed by atoms with van der Waals surface area (Å²) in [5.41, 5.74) is 1.14. The minimum Gasteiger partial charge on any atom is -0.379 e. The molecular weight excluding hydrogens is 330 g/mol. The van der Waals surface area contributed by atoms with E-state index in [4.69, 9.17) is 4.74 Å². The second kappa shape index (κ2) is 8.06. The zero-order chi connectivity index (χ0) is 17.7. The average Bonchev–Trinajstić information content (AvgIpc) is 2.55. The van der Waals surface area contributed by atoms with E-state index in [0.29, 0.717) is 12.1 Å². The highest BCUT2D eigenvalue weighted by molar-refractivity contribution is 7.89. The lowest BCUT2D eigenvalue weighted by atomic mass is 10.1. The molecule has 0 bridgehead atoms. The number of ether oxygens (including phenoxy) is 1. The number of sulfonamides is 1. The van der Waals surface area contributed by atoms with Gasteiger partial charge in [-0.25, -0.2) is 12.7 Å². The van der Waals surface area contributed by atoms with Gasteiger partial charge in [-0.1, -0.05) is 6.07 Å². The maximum absolute atomic E-state index is 12.4. The summed E-state index contributed by atoms with van der Waals surface area (Å²) in [6.07, 6.45) is 0. The quantitative estimate of drug-likeness (QED) is 0.794. The Hall–Kier alpha value is -1.48. The highest BCUT2D eigenvalue weighted by Crippen LogP contribution is 2.18. The lowest BCUT2D eigenvalue weighted by Crippen LogP contribution is -2.41. The Morgan fingerprint density at radius 2 is 1.96 bits per heavy atom. The number of hydrogen-bond acceptors (Lipinski definition) is 5. The minimum atomic E-state index is -3.56. The fourth-order valence-corrected chi connectivity index (χ4v) is 3.39. The van der Waals surface area contributed by atoms with Crippen LogP contribution in [0.1, 0.15) is 15.9 Å². The highest BCUT2D eigenvalue weighted by Gasteiger charge is 2.20. The number of aryl methyl sites for hydroxylation is 1. The van der Waals surface area contributed by atoms with E-state index in [1.807, 2.05) is 0 Å². The largest absolute Gasteiger partial charge is 0.379 e. The van der Waals surface area contributed by atoms with Crippen LogP contribution in [-0.2, 0) is 14.8 Å². The number of morpholine rings is 1. The lowest BCUT2D eigenvalue weighted by molar-refractivity contribution is 0.0383. The van der Waals surface area contributed by atoms with Crippen LogP contribution in [0.5, 0.6) is 0 Å². The standard InChI is InChI=1S/C16H25N3O4S/c1-13-4-5-14(24(21,22)18(2)3)12-15(13)16(20)17-6-7-19-8-10-23-11-9-19/h4-5,12H,6-11H2,1-3H3,(H,17,20). The van der Waals surface area contributed by atoms with Gasteiger partial charge in [-0.3, -0.25) is 9.69 Å². The topological polar surface area (TPSA) is 79.0 Å². The molecule has 0 unspecified atom stereocenters. The van der Waals surface area contributed by atoms with Gasteiger partial charge in [-0.15, -0.1) is 0 Å². The van der Waals surface area contributed by atoms with Gasteiger partial charge in [-0.05, 0) is 24.6 Å². The normalized spacial score (nSPS) is 16.3. The van der Waals surface area contributed by atoms with Gasteiger partial charge >= 0.3 is 0 Å². The molecule has 1 aromatic rings. The molecule has 1 aliphatic heterocycles. The van der Waals surface area contributed by atoms with Gasteiger partial charge in [0.2, 0.25) is 10.0 Å². The summed E-state index contributed by atoms with van der Waals surface area (Å²) in [6.45, 7) is 6.24. The molecule has 1 heterocycles. The van der Waals surface area contributed by atoms with Gasteiger partial charge in [0.05, 0.1) is 18.1 Å². The Morgan fingerprint density at radius 3 is 2.58 bits per heavy atom. The molecular formula is C16H25N3O4S. The van der Waals surface area contributed by atoms with Gasteiger partial charge in [-0.2, -0.15) is 0 Å². The third-order valence-corrected chi connectivity index (χ3v) is 5.86. The number of rotatable bonds is 6. The lowest BCUT2D eigenvalue weighted by Gasteiger charge is -2.26. The molecule has 0 spiro atoms. The van der Waals surface area contributed by atoms with Crippen LogP contribution < -0.4 is 5.32 Å². The van der Waals surface area contributed by atoms with E-state index in [-0.39, 0.29) is 10.8 Å². The molecule has 1 fully saturated rings. The van der Waals surface area contributed by atoms with Gasteiger partial charge in [0.1, 0.15) is 0 Å². The number of nitrogens with one attached hydrogen (secondary N) is 1. The molecule has 1 amide bonds. The second-order valence-electron chi connectivity index (χ2n) is 5.97. The van der Waals surface area contributed by atoms with Crippen molar-refractivity contribution >= 4 is 15.9 Å². The Morgan fingerprint density at radius 1 is 1.29 bits per heavy atom. The van der Waals surface area contributed by atoms with Crippen LogP contribution in [0.2, 0.25) is 0 Å². The predicted octanol–water partition coefficient (Wildman–Crippen LogP) is 0.307. The van der Waals surface area contributed by atoms with Gasteiger partial charge in [0.25, 0.3) is 5.91 Å². The summed E-state index contributed by atoms with van der Waals surface area (Å²) in [5, 5.41) is 2.87. The molecule has 2 rings (SSSR count). The highest BCUT2D eigenvalue weighted by atomic mass is 32.2. The van der Waals surface area contributed by atoms with E-state index in [9.17, 15) is 13.2 Å². The first-order chi connectivity index (χ1) is 11.3. The fraction of sp³-hybridized carbons (Fsp3) is 0.562. The zero-order valence-electron chi connectivity index (χ0n) is 14.4. The van der Waals surface area contributed by atoms with Crippen molar-refractivity contribution in [1.82, 2.24) is 14.5 Å². The van der Waals surface area contributed by atoms with Gasteiger partial charge in [0, 0.05) is 45.8 Å². The molecule has 134 valence electrons. The summed E-state index contributed by atoms with van der Waals surface area (Å²) >= 11 is 0. The number of benzene rings is 1. The van der Waals surface area contributed by atoms with Gasteiger partial charge < -0.3 is 10.1 Å². The second-order valence-corrected chi connectivity index (χ2v) is 8.13. The van der Waals surface area contributed by atoms with E-state index in [0.717, 1.165) is 42.7 Å². The van der Waals surface area contributed by atoms with E-state index in [1.165, 1.54) is 26.2 Å². The predicted molar refractivity (Wildman–Crippen MR) is 91.6 cm³/mol. The van der Waals surface area contributed by atoms with Crippen molar-refractivity contribution in [3.05, 3.63) is 29.3 Å². The molecule has 1 aliphatic rings. The summed E-state index contributed by atoms with van der Waals surface area (Å²) in [6, 6.07) is 4.62. The molecule has 0 atom stereocenters. The third kappa shape index (κ3) is 4.54. The van der Waals surface area contributed by atoms with E-state index in [1.54, 1.807) is 13.0 Å². The Balaban J connectivity index is 2.03. The number of hydrogen-bond donors (Lipinski definition) is 1. The molecule has 0 saturated carbocycles. The minimum absolute atomic E-state index is 0.122. The molecule has 0 aromatic heterocycles. The SMILES string of the molecule is Cc1ccc(S(=O)(=O)N(C)C)cc1C(=O)NCCN1CCOCC1. The van der Waals surface area contributed by atoms with Crippen LogP contribution in [0.4, 0.5) is 0 Å². The van der Waals surface area contributed by atoms with Crippen molar-refractivity contribution in [2.75, 3.05) is 53.5 Å². The summed E-state index contributed by atoms with van der Waals surface area (Å²) < 4.78 is 30.9. The molecule has 7 nitrogen and oxygen atoms in total. The smallest absolute Gasteiger partial charge is 0.251 e. The molecule has 1 aromatic carbocycles. The van der Waals surface area contributed by atoms with E-state index < -0.39 is 10.0 Å². The number of amides is 1. The number of nitrogens with zero attached hydrogens (tertiary/aromatic N) is 2. The monoisotopic (exact) mass is 355 g/mol. The summed E-state index contributed by atoms with van der Waals surface area (Å²) in [7, 11) is -0.617. The van der Waals surface area contributed by atoms with Crippen molar-refractivity contribution in [2.24, 2.45) is 0 Å². The van der Waals surface area contributed by atoms with Crippen LogP contribution in [0.3, 0.4) is 0 Å². The summed E-state index contributed by atoms with van der Waals surface area (Å²) in [4.78, 5) is 14.7. The maximum atomic E-state index is 12.4. The molecule has 8 heteroatoms. The molecule has 1 N–H and O–H groups in total. The van der Waals surface area contributed by atoms with E-state index >= 15 is 0 Å². The van der Waals surface area contributed by atoms with Crippen molar-refractivity contribution in [2.45, 2.75) is 11.8 Å². The molecule has 1 saturated heterocycles. The number of carbonyl (C=O) groups is 1. The average molecular weight is 355 g/mol. The Bertz CT molecular complexity index is 683. The summed E-state index contributed by atoms with van der Waals surface area (Å²) in [5.74, 6) is -0.253. The van der Waals surface area contributed by atoms with Crippen molar-refractivity contribution in [3.63, 3.8) is 0 Å². The fourth-order valence-electron chi connectivity index (χ4n) is 2.46.